The molecule has 3 amide bonds. The number of nitrogens with zero attached hydrogens (tertiary/aromatic N) is 3. The Balaban J connectivity index is 1.40. The molecule has 1 N–H and O–H groups in total. The molecule has 3 fully saturated rings. The normalized spacial score (nSPS) is 24.1. The van der Waals surface area contributed by atoms with Crippen LogP contribution in [0.2, 0.25) is 5.02 Å². The van der Waals surface area contributed by atoms with E-state index in [-0.39, 0.29) is 25.3 Å². The van der Waals surface area contributed by atoms with Crippen LogP contribution in [-0.2, 0) is 35.1 Å². The highest BCUT2D eigenvalue weighted by molar-refractivity contribution is 6.34. The van der Waals surface area contributed by atoms with Crippen molar-refractivity contribution in [1.82, 2.24) is 9.80 Å². The lowest BCUT2D eigenvalue weighted by molar-refractivity contribution is -0.165. The molecule has 10 nitrogen and oxygen atoms in total. The number of halogens is 1. The summed E-state index contributed by atoms with van der Waals surface area (Å²) in [6.07, 6.45) is 3.53. The number of benzene rings is 3. The van der Waals surface area contributed by atoms with Gasteiger partial charge < -0.3 is 29.3 Å². The van der Waals surface area contributed by atoms with Gasteiger partial charge >= 0.3 is 5.97 Å². The molecular formula is C44H50ClN3O7. The SMILES string of the molecule is C=CCCC(=O)N(C)[C@@H](C)[C@@H](OC(=O)[C@@H]1[C@@H]2CC[C@]3(O2)[C@H](C(=O)N(CC=C)c2c(C)cccc2Cl)N([C@@H](CO)Cc2ccccc2)C(=O)[C@@H]13)c1ccccc1. The summed E-state index contributed by atoms with van der Waals surface area (Å²) in [5, 5.41) is 11.3. The first kappa shape index (κ1) is 39.9. The smallest absolute Gasteiger partial charge is 0.313 e. The van der Waals surface area contributed by atoms with Crippen molar-refractivity contribution in [3.05, 3.63) is 126 Å². The number of aliphatic hydroxyl groups is 1. The van der Waals surface area contributed by atoms with E-state index in [4.69, 9.17) is 21.1 Å². The van der Waals surface area contributed by atoms with E-state index in [1.807, 2.05) is 80.6 Å². The van der Waals surface area contributed by atoms with Gasteiger partial charge in [-0.25, -0.2) is 0 Å². The minimum atomic E-state index is -1.38. The predicted octanol–water partition coefficient (Wildman–Crippen LogP) is 6.24. The molecule has 0 radical (unpaired) electrons. The number of rotatable bonds is 16. The van der Waals surface area contributed by atoms with E-state index >= 15 is 9.59 Å². The summed E-state index contributed by atoms with van der Waals surface area (Å²) in [6.45, 7) is 11.0. The standard InChI is InChI=1S/C44H50ClN3O7/c1-6-8-22-35(50)46(5)29(4)39(31-19-13-10-14-20-31)54-43(53)36-34-23-24-44(55-34)37(36)41(51)48(32(27-49)26-30-17-11-9-12-18-30)40(44)42(52)47(25-7-2)38-28(3)16-15-21-33(38)45/h6-7,9-21,29,32,34,36-37,39-40,49H,1-2,8,22-27H2,3-5H3/t29-,32+,34-,36+,37+,39+,40-,44+/m0/s1. The summed E-state index contributed by atoms with van der Waals surface area (Å²) in [6, 6.07) is 21.5. The van der Waals surface area contributed by atoms with Gasteiger partial charge in [-0.1, -0.05) is 96.5 Å². The fourth-order valence-corrected chi connectivity index (χ4v) is 9.15. The monoisotopic (exact) mass is 767 g/mol. The molecule has 0 aromatic heterocycles. The van der Waals surface area contributed by atoms with Gasteiger partial charge in [0.25, 0.3) is 5.91 Å². The second-order valence-electron chi connectivity index (χ2n) is 14.8. The zero-order valence-corrected chi connectivity index (χ0v) is 32.4. The van der Waals surface area contributed by atoms with Gasteiger partial charge in [-0.3, -0.25) is 19.2 Å². The zero-order chi connectivity index (χ0) is 39.4. The highest BCUT2D eigenvalue weighted by atomic mass is 35.5. The quantitative estimate of drug-likeness (QED) is 0.136. The minimum Gasteiger partial charge on any atom is -0.455 e. The lowest BCUT2D eigenvalue weighted by Crippen LogP contribution is -2.59. The Labute approximate surface area is 328 Å². The Kier molecular flexibility index (Phi) is 12.3. The number of carbonyl (C=O) groups is 4. The number of carbonyl (C=O) groups excluding carboxylic acids is 4. The molecule has 3 aromatic rings. The molecule has 290 valence electrons. The van der Waals surface area contributed by atoms with Crippen LogP contribution in [0.5, 0.6) is 0 Å². The number of amides is 3. The Morgan fingerprint density at radius 2 is 1.75 bits per heavy atom. The molecule has 3 aliphatic heterocycles. The number of fused-ring (bicyclic) bond motifs is 1. The van der Waals surface area contributed by atoms with Crippen molar-refractivity contribution >= 4 is 41.0 Å². The highest BCUT2D eigenvalue weighted by Gasteiger charge is 2.76. The van der Waals surface area contributed by atoms with Gasteiger partial charge in [0, 0.05) is 20.0 Å². The van der Waals surface area contributed by atoms with Crippen LogP contribution >= 0.6 is 11.6 Å². The van der Waals surface area contributed by atoms with Gasteiger partial charge in [-0.2, -0.15) is 0 Å². The Morgan fingerprint density at radius 1 is 1.05 bits per heavy atom. The van der Waals surface area contributed by atoms with Gasteiger partial charge in [-0.15, -0.1) is 13.2 Å². The number of likely N-dealkylation sites (tertiary alicyclic amines) is 1. The lowest BCUT2D eigenvalue weighted by Gasteiger charge is -2.39. The number of hydrogen-bond donors (Lipinski definition) is 1. The average molecular weight is 768 g/mol. The molecule has 3 aliphatic rings. The summed E-state index contributed by atoms with van der Waals surface area (Å²) < 4.78 is 13.2. The van der Waals surface area contributed by atoms with E-state index < -0.39 is 72.2 Å². The molecule has 0 saturated carbocycles. The van der Waals surface area contributed by atoms with Crippen molar-refractivity contribution in [2.24, 2.45) is 11.8 Å². The summed E-state index contributed by atoms with van der Waals surface area (Å²) >= 11 is 6.75. The third kappa shape index (κ3) is 7.47. The third-order valence-electron chi connectivity index (χ3n) is 11.6. The highest BCUT2D eigenvalue weighted by Crippen LogP contribution is 2.59. The van der Waals surface area contributed by atoms with Crippen molar-refractivity contribution in [3.8, 4) is 0 Å². The second kappa shape index (κ2) is 16.9. The second-order valence-corrected chi connectivity index (χ2v) is 15.2. The lowest BCUT2D eigenvalue weighted by atomic mass is 9.70. The maximum atomic E-state index is 15.2. The van der Waals surface area contributed by atoms with Crippen LogP contribution in [0.1, 0.15) is 55.4 Å². The van der Waals surface area contributed by atoms with Crippen LogP contribution in [-0.4, -0.2) is 88.6 Å². The molecule has 6 rings (SSSR count). The van der Waals surface area contributed by atoms with Crippen molar-refractivity contribution in [3.63, 3.8) is 0 Å². The molecule has 0 unspecified atom stereocenters. The number of esters is 1. The van der Waals surface area contributed by atoms with E-state index in [9.17, 15) is 14.7 Å². The molecule has 3 saturated heterocycles. The number of likely N-dealkylation sites (N-methyl/N-ethyl adjacent to an activating group) is 1. The predicted molar refractivity (Wildman–Crippen MR) is 211 cm³/mol. The van der Waals surface area contributed by atoms with Crippen LogP contribution in [0.15, 0.2) is 104 Å². The molecule has 3 heterocycles. The maximum absolute atomic E-state index is 15.2. The topological polar surface area (TPSA) is 117 Å². The Hall–Kier alpha value is -4.77. The summed E-state index contributed by atoms with van der Waals surface area (Å²) in [7, 11) is 1.68. The molecule has 55 heavy (non-hydrogen) atoms. The maximum Gasteiger partial charge on any atom is 0.313 e. The molecular weight excluding hydrogens is 718 g/mol. The van der Waals surface area contributed by atoms with Crippen LogP contribution < -0.4 is 4.90 Å². The fraction of sp³-hybridized carbons (Fsp3) is 0.409. The van der Waals surface area contributed by atoms with Crippen LogP contribution in [0.4, 0.5) is 5.69 Å². The van der Waals surface area contributed by atoms with Gasteiger partial charge in [0.1, 0.15) is 17.7 Å². The summed E-state index contributed by atoms with van der Waals surface area (Å²) in [5.41, 5.74) is 1.42. The molecule has 2 bridgehead atoms. The van der Waals surface area contributed by atoms with Crippen LogP contribution in [0.3, 0.4) is 0 Å². The van der Waals surface area contributed by atoms with E-state index in [1.54, 1.807) is 36.2 Å². The Morgan fingerprint density at radius 3 is 2.38 bits per heavy atom. The molecule has 0 aliphatic carbocycles. The number of anilines is 1. The third-order valence-corrected chi connectivity index (χ3v) is 11.9. The molecule has 3 aromatic carbocycles. The van der Waals surface area contributed by atoms with E-state index in [1.165, 1.54) is 9.80 Å². The van der Waals surface area contributed by atoms with Gasteiger partial charge in [0.15, 0.2) is 0 Å². The van der Waals surface area contributed by atoms with Crippen LogP contribution in [0.25, 0.3) is 0 Å². The van der Waals surface area contributed by atoms with E-state index in [0.717, 1.165) is 11.1 Å². The number of aryl methyl sites for hydroxylation is 1. The van der Waals surface area contributed by atoms with Crippen molar-refractivity contribution < 1.29 is 33.8 Å². The average Bonchev–Trinajstić information content (AvgIpc) is 3.84. The van der Waals surface area contributed by atoms with E-state index in [0.29, 0.717) is 35.5 Å². The number of para-hydroxylation sites is 1. The summed E-state index contributed by atoms with van der Waals surface area (Å²) in [4.78, 5) is 62.7. The van der Waals surface area contributed by atoms with Crippen LogP contribution in [0, 0.1) is 18.8 Å². The largest absolute Gasteiger partial charge is 0.455 e. The van der Waals surface area contributed by atoms with Crippen molar-refractivity contribution in [2.45, 2.75) is 81.9 Å². The van der Waals surface area contributed by atoms with Crippen molar-refractivity contribution in [2.75, 3.05) is 25.1 Å². The summed E-state index contributed by atoms with van der Waals surface area (Å²) in [5.74, 6) is -3.75. The van der Waals surface area contributed by atoms with Gasteiger partial charge in [0.05, 0.1) is 47.3 Å². The minimum absolute atomic E-state index is 0.0930. The van der Waals surface area contributed by atoms with E-state index in [2.05, 4.69) is 13.2 Å². The first-order valence-corrected chi connectivity index (χ1v) is 19.3. The fourth-order valence-electron chi connectivity index (χ4n) is 8.83. The zero-order valence-electron chi connectivity index (χ0n) is 31.7. The molecule has 11 heteroatoms. The van der Waals surface area contributed by atoms with Gasteiger partial charge in [0.2, 0.25) is 11.8 Å². The number of aliphatic hydroxyl groups excluding tert-OH is 1. The number of hydrogen-bond acceptors (Lipinski definition) is 7. The number of allylic oxidation sites excluding steroid dienone is 1. The Bertz CT molecular complexity index is 1890. The van der Waals surface area contributed by atoms with Crippen molar-refractivity contribution in [1.29, 1.82) is 0 Å². The molecule has 8 atom stereocenters. The molecule has 1 spiro atoms. The number of ether oxygens (including phenoxy) is 2. The van der Waals surface area contributed by atoms with Gasteiger partial charge in [-0.05, 0) is 62.3 Å². The first-order valence-electron chi connectivity index (χ1n) is 18.9. The first-order chi connectivity index (χ1) is 26.5.